The number of rotatable bonds is 4. The Bertz CT molecular complexity index is 478. The fraction of sp³-hybridized carbons (Fsp3) is 0.250. The number of aromatic nitrogens is 2. The molecule has 0 aliphatic rings. The van der Waals surface area contributed by atoms with Crippen LogP contribution in [0.5, 0.6) is 0 Å². The normalized spacial score (nSPS) is 12.6. The first-order chi connectivity index (χ1) is 8.19. The first-order valence-corrected chi connectivity index (χ1v) is 5.39. The molecule has 0 saturated carbocycles. The van der Waals surface area contributed by atoms with E-state index in [2.05, 4.69) is 10.5 Å². The van der Waals surface area contributed by atoms with Crippen LogP contribution in [0.1, 0.15) is 17.3 Å². The zero-order valence-corrected chi connectivity index (χ0v) is 9.60. The monoisotopic (exact) mass is 234 g/mol. The van der Waals surface area contributed by atoms with Gasteiger partial charge in [-0.1, -0.05) is 12.1 Å². The second kappa shape index (κ2) is 5.07. The Morgan fingerprint density at radius 2 is 2.06 bits per heavy atom. The Kier molecular flexibility index (Phi) is 3.51. The van der Waals surface area contributed by atoms with Gasteiger partial charge in [-0.25, -0.2) is 4.39 Å². The van der Waals surface area contributed by atoms with Gasteiger partial charge in [0.15, 0.2) is 0 Å². The molecule has 1 unspecified atom stereocenters. The van der Waals surface area contributed by atoms with Crippen molar-refractivity contribution in [2.45, 2.75) is 12.5 Å². The van der Waals surface area contributed by atoms with Crippen molar-refractivity contribution in [2.75, 3.05) is 0 Å². The molecule has 1 aromatic carbocycles. The molecule has 0 bridgehead atoms. The van der Waals surface area contributed by atoms with Crippen LogP contribution in [0.25, 0.3) is 0 Å². The van der Waals surface area contributed by atoms with Gasteiger partial charge in [0.05, 0.1) is 11.7 Å². The molecule has 0 amide bonds. The molecule has 2 rings (SSSR count). The van der Waals surface area contributed by atoms with Gasteiger partial charge in [0.25, 0.3) is 0 Å². The number of hydrogen-bond donors (Lipinski definition) is 2. The minimum absolute atomic E-state index is 0.0679. The van der Waals surface area contributed by atoms with Gasteiger partial charge in [0.2, 0.25) is 0 Å². The SMILES string of the molecule is Cn1ccc(C(Cc2ccc(F)cc2)NN)n1. The van der Waals surface area contributed by atoms with Crippen molar-refractivity contribution in [3.63, 3.8) is 0 Å². The molecule has 1 atom stereocenters. The Labute approximate surface area is 99.2 Å². The van der Waals surface area contributed by atoms with E-state index in [-0.39, 0.29) is 11.9 Å². The minimum atomic E-state index is -0.233. The number of nitrogens with two attached hydrogens (primary N) is 1. The molecule has 4 nitrogen and oxygen atoms in total. The highest BCUT2D eigenvalue weighted by atomic mass is 19.1. The fourth-order valence-corrected chi connectivity index (χ4v) is 1.72. The molecule has 5 heteroatoms. The van der Waals surface area contributed by atoms with Crippen LogP contribution < -0.4 is 11.3 Å². The van der Waals surface area contributed by atoms with Gasteiger partial charge in [0, 0.05) is 13.2 Å². The number of hydrazine groups is 1. The van der Waals surface area contributed by atoms with Gasteiger partial charge < -0.3 is 0 Å². The van der Waals surface area contributed by atoms with Crippen LogP contribution in [0.15, 0.2) is 36.5 Å². The summed E-state index contributed by atoms with van der Waals surface area (Å²) in [5.74, 6) is 5.29. The van der Waals surface area contributed by atoms with Gasteiger partial charge in [-0.2, -0.15) is 5.10 Å². The minimum Gasteiger partial charge on any atom is -0.275 e. The van der Waals surface area contributed by atoms with E-state index in [1.165, 1.54) is 12.1 Å². The molecule has 0 aliphatic carbocycles. The molecular formula is C12H15FN4. The first-order valence-electron chi connectivity index (χ1n) is 5.39. The molecule has 0 fully saturated rings. The van der Waals surface area contributed by atoms with E-state index < -0.39 is 0 Å². The molecule has 17 heavy (non-hydrogen) atoms. The van der Waals surface area contributed by atoms with Crippen LogP contribution in [0.2, 0.25) is 0 Å². The van der Waals surface area contributed by atoms with E-state index in [0.717, 1.165) is 11.3 Å². The summed E-state index contributed by atoms with van der Waals surface area (Å²) >= 11 is 0. The standard InChI is InChI=1S/C12H15FN4/c1-17-7-6-11(16-17)12(15-14)8-9-2-4-10(13)5-3-9/h2-7,12,15H,8,14H2,1H3. The lowest BCUT2D eigenvalue weighted by atomic mass is 10.0. The van der Waals surface area contributed by atoms with Crippen molar-refractivity contribution in [3.05, 3.63) is 53.6 Å². The second-order valence-corrected chi connectivity index (χ2v) is 3.96. The summed E-state index contributed by atoms with van der Waals surface area (Å²) in [5, 5.41) is 4.30. The highest BCUT2D eigenvalue weighted by Gasteiger charge is 2.13. The average Bonchev–Trinajstić information content (AvgIpc) is 2.75. The lowest BCUT2D eigenvalue weighted by molar-refractivity contribution is 0.528. The van der Waals surface area contributed by atoms with Crippen LogP contribution in [0, 0.1) is 5.82 Å². The van der Waals surface area contributed by atoms with Crippen molar-refractivity contribution >= 4 is 0 Å². The molecule has 0 saturated heterocycles. The van der Waals surface area contributed by atoms with Crippen molar-refractivity contribution < 1.29 is 4.39 Å². The molecule has 0 aliphatic heterocycles. The first kappa shape index (κ1) is 11.8. The molecule has 0 spiro atoms. The van der Waals surface area contributed by atoms with Crippen molar-refractivity contribution in [3.8, 4) is 0 Å². The molecule has 1 heterocycles. The van der Waals surface area contributed by atoms with E-state index >= 15 is 0 Å². The van der Waals surface area contributed by atoms with E-state index in [0.29, 0.717) is 6.42 Å². The highest BCUT2D eigenvalue weighted by Crippen LogP contribution is 2.16. The summed E-state index contributed by atoms with van der Waals surface area (Å²) in [7, 11) is 1.86. The zero-order valence-electron chi connectivity index (χ0n) is 9.60. The third-order valence-corrected chi connectivity index (χ3v) is 2.65. The highest BCUT2D eigenvalue weighted by molar-refractivity contribution is 5.19. The van der Waals surface area contributed by atoms with Crippen LogP contribution in [-0.2, 0) is 13.5 Å². The van der Waals surface area contributed by atoms with Gasteiger partial charge in [-0.05, 0) is 30.2 Å². The maximum atomic E-state index is 12.8. The number of nitrogens with zero attached hydrogens (tertiary/aromatic N) is 2. The number of nitrogens with one attached hydrogen (secondary N) is 1. The summed E-state index contributed by atoms with van der Waals surface area (Å²) in [6.45, 7) is 0. The maximum Gasteiger partial charge on any atom is 0.123 e. The van der Waals surface area contributed by atoms with Crippen LogP contribution >= 0.6 is 0 Å². The molecule has 2 aromatic rings. The van der Waals surface area contributed by atoms with Crippen LogP contribution in [0.3, 0.4) is 0 Å². The molecule has 3 N–H and O–H groups in total. The van der Waals surface area contributed by atoms with Gasteiger partial charge in [-0.3, -0.25) is 16.0 Å². The molecule has 0 radical (unpaired) electrons. The predicted octanol–water partition coefficient (Wildman–Crippen LogP) is 1.31. The lowest BCUT2D eigenvalue weighted by Crippen LogP contribution is -2.30. The summed E-state index contributed by atoms with van der Waals surface area (Å²) < 4.78 is 14.5. The third-order valence-electron chi connectivity index (χ3n) is 2.65. The number of hydrogen-bond acceptors (Lipinski definition) is 3. The molecule has 1 aromatic heterocycles. The Balaban J connectivity index is 2.12. The lowest BCUT2D eigenvalue weighted by Gasteiger charge is -2.13. The smallest absolute Gasteiger partial charge is 0.123 e. The van der Waals surface area contributed by atoms with Crippen LogP contribution in [-0.4, -0.2) is 9.78 Å². The Hall–Kier alpha value is -1.72. The maximum absolute atomic E-state index is 12.8. The summed E-state index contributed by atoms with van der Waals surface area (Å²) in [6.07, 6.45) is 2.54. The van der Waals surface area contributed by atoms with Crippen molar-refractivity contribution in [1.29, 1.82) is 0 Å². The molecule has 90 valence electrons. The van der Waals surface area contributed by atoms with Crippen molar-refractivity contribution in [2.24, 2.45) is 12.9 Å². The van der Waals surface area contributed by atoms with Gasteiger partial charge in [0.1, 0.15) is 5.82 Å². The summed E-state index contributed by atoms with van der Waals surface area (Å²) in [4.78, 5) is 0. The topological polar surface area (TPSA) is 55.9 Å². The van der Waals surface area contributed by atoms with Crippen molar-refractivity contribution in [1.82, 2.24) is 15.2 Å². The number of halogens is 1. The number of benzene rings is 1. The third kappa shape index (κ3) is 2.89. The average molecular weight is 234 g/mol. The van der Waals surface area contributed by atoms with E-state index in [4.69, 9.17) is 5.84 Å². The fourth-order valence-electron chi connectivity index (χ4n) is 1.72. The van der Waals surface area contributed by atoms with E-state index in [9.17, 15) is 4.39 Å². The Morgan fingerprint density at radius 3 is 2.59 bits per heavy atom. The summed E-state index contributed by atoms with van der Waals surface area (Å²) in [5.41, 5.74) is 4.61. The number of aryl methyl sites for hydroxylation is 1. The van der Waals surface area contributed by atoms with E-state index in [1.54, 1.807) is 16.8 Å². The summed E-state index contributed by atoms with van der Waals surface area (Å²) in [6, 6.07) is 8.24. The quantitative estimate of drug-likeness (QED) is 0.619. The predicted molar refractivity (Wildman–Crippen MR) is 63.4 cm³/mol. The van der Waals surface area contributed by atoms with Gasteiger partial charge in [-0.15, -0.1) is 0 Å². The second-order valence-electron chi connectivity index (χ2n) is 3.96. The van der Waals surface area contributed by atoms with E-state index in [1.807, 2.05) is 19.3 Å². The Morgan fingerprint density at radius 1 is 1.35 bits per heavy atom. The van der Waals surface area contributed by atoms with Crippen LogP contribution in [0.4, 0.5) is 4.39 Å². The zero-order chi connectivity index (χ0) is 12.3. The largest absolute Gasteiger partial charge is 0.275 e. The molecular weight excluding hydrogens is 219 g/mol. The van der Waals surface area contributed by atoms with Gasteiger partial charge >= 0.3 is 0 Å².